The molecule has 0 amide bonds. The normalized spacial score (nSPS) is 10.5. The Morgan fingerprint density at radius 1 is 1.47 bits per heavy atom. The zero-order chi connectivity index (χ0) is 11.0. The van der Waals surface area contributed by atoms with E-state index in [1.807, 2.05) is 0 Å². The highest BCUT2D eigenvalue weighted by Crippen LogP contribution is 2.40. The molecule has 0 fully saturated rings. The van der Waals surface area contributed by atoms with Gasteiger partial charge in [0.25, 0.3) is 0 Å². The third kappa shape index (κ3) is 2.01. The predicted molar refractivity (Wildman–Crippen MR) is 62.4 cm³/mol. The highest BCUT2D eigenvalue weighted by Gasteiger charge is 2.19. The summed E-state index contributed by atoms with van der Waals surface area (Å²) in [5.41, 5.74) is 2.11. The standard InChI is InChI=1S/C8H3Cl2NO2S2/c9-4-1-3(7(10)15-4)6-5(8(12)13)11-2-14-6/h1-2H,(H,12,13). The van der Waals surface area contributed by atoms with Crippen LogP contribution in [0.1, 0.15) is 10.5 Å². The Bertz CT molecular complexity index is 520. The molecular formula is C8H3Cl2NO2S2. The van der Waals surface area contributed by atoms with Gasteiger partial charge in [-0.25, -0.2) is 9.78 Å². The SMILES string of the molecule is O=C(O)c1ncsc1-c1cc(Cl)sc1Cl. The Morgan fingerprint density at radius 2 is 2.20 bits per heavy atom. The van der Waals surface area contributed by atoms with Crippen LogP contribution in [0.3, 0.4) is 0 Å². The number of thiophene rings is 1. The van der Waals surface area contributed by atoms with Crippen molar-refractivity contribution in [2.45, 2.75) is 0 Å². The first kappa shape index (κ1) is 10.9. The number of carboxylic acid groups (broad SMARTS) is 1. The molecule has 7 heteroatoms. The fourth-order valence-electron chi connectivity index (χ4n) is 1.08. The van der Waals surface area contributed by atoms with Crippen molar-refractivity contribution in [3.8, 4) is 10.4 Å². The van der Waals surface area contributed by atoms with E-state index in [2.05, 4.69) is 4.98 Å². The number of hydrogen-bond acceptors (Lipinski definition) is 4. The summed E-state index contributed by atoms with van der Waals surface area (Å²) in [5, 5.41) is 8.89. The van der Waals surface area contributed by atoms with E-state index < -0.39 is 5.97 Å². The van der Waals surface area contributed by atoms with Crippen LogP contribution in [-0.2, 0) is 0 Å². The van der Waals surface area contributed by atoms with Gasteiger partial charge in [-0.3, -0.25) is 0 Å². The molecule has 3 nitrogen and oxygen atoms in total. The van der Waals surface area contributed by atoms with Crippen LogP contribution in [0.2, 0.25) is 8.67 Å². The molecule has 15 heavy (non-hydrogen) atoms. The number of aromatic nitrogens is 1. The summed E-state index contributed by atoms with van der Waals surface area (Å²) < 4.78 is 1.01. The first-order valence-electron chi connectivity index (χ1n) is 3.71. The molecule has 2 aromatic rings. The van der Waals surface area contributed by atoms with Gasteiger partial charge in [-0.05, 0) is 6.07 Å². The maximum atomic E-state index is 10.8. The summed E-state index contributed by atoms with van der Waals surface area (Å²) in [7, 11) is 0. The summed E-state index contributed by atoms with van der Waals surface area (Å²) >= 11 is 14.2. The highest BCUT2D eigenvalue weighted by molar-refractivity contribution is 7.21. The zero-order valence-corrected chi connectivity index (χ0v) is 10.2. The van der Waals surface area contributed by atoms with Gasteiger partial charge in [0, 0.05) is 5.56 Å². The molecule has 0 unspecified atom stereocenters. The van der Waals surface area contributed by atoms with E-state index in [-0.39, 0.29) is 5.69 Å². The second-order valence-corrected chi connectivity index (χ2v) is 5.71. The van der Waals surface area contributed by atoms with Gasteiger partial charge in [0.15, 0.2) is 5.69 Å². The molecule has 0 aliphatic carbocycles. The van der Waals surface area contributed by atoms with Gasteiger partial charge in [0.05, 0.1) is 14.7 Å². The third-order valence-electron chi connectivity index (χ3n) is 1.67. The van der Waals surface area contributed by atoms with Crippen molar-refractivity contribution in [2.75, 3.05) is 0 Å². The second-order valence-electron chi connectivity index (χ2n) is 2.57. The van der Waals surface area contributed by atoms with Gasteiger partial charge in [-0.2, -0.15) is 0 Å². The van der Waals surface area contributed by atoms with Crippen molar-refractivity contribution in [1.82, 2.24) is 4.98 Å². The fourth-order valence-corrected chi connectivity index (χ4v) is 3.48. The minimum absolute atomic E-state index is 0.0105. The lowest BCUT2D eigenvalue weighted by Gasteiger charge is -1.95. The van der Waals surface area contributed by atoms with E-state index in [0.717, 1.165) is 0 Å². The largest absolute Gasteiger partial charge is 0.476 e. The molecule has 2 heterocycles. The molecule has 0 aliphatic heterocycles. The van der Waals surface area contributed by atoms with Crippen LogP contribution in [0.5, 0.6) is 0 Å². The van der Waals surface area contributed by atoms with Gasteiger partial charge in [-0.1, -0.05) is 23.2 Å². The van der Waals surface area contributed by atoms with Crippen LogP contribution in [0.4, 0.5) is 0 Å². The Hall–Kier alpha value is -0.620. The number of carboxylic acids is 1. The average molecular weight is 280 g/mol. The first-order chi connectivity index (χ1) is 7.09. The Morgan fingerprint density at radius 3 is 2.73 bits per heavy atom. The van der Waals surface area contributed by atoms with Gasteiger partial charge < -0.3 is 5.11 Å². The zero-order valence-electron chi connectivity index (χ0n) is 7.03. The van der Waals surface area contributed by atoms with E-state index in [1.165, 1.54) is 28.2 Å². The highest BCUT2D eigenvalue weighted by atomic mass is 35.5. The molecular weight excluding hydrogens is 277 g/mol. The number of aromatic carboxylic acids is 1. The van der Waals surface area contributed by atoms with E-state index in [4.69, 9.17) is 28.3 Å². The topological polar surface area (TPSA) is 50.2 Å². The molecule has 78 valence electrons. The minimum atomic E-state index is -1.07. The van der Waals surface area contributed by atoms with Crippen molar-refractivity contribution in [3.63, 3.8) is 0 Å². The molecule has 0 atom stereocenters. The summed E-state index contributed by atoms with van der Waals surface area (Å²) in [5.74, 6) is -1.07. The van der Waals surface area contributed by atoms with Gasteiger partial charge >= 0.3 is 5.97 Å². The van der Waals surface area contributed by atoms with Crippen LogP contribution in [0.25, 0.3) is 10.4 Å². The van der Waals surface area contributed by atoms with Crippen molar-refractivity contribution >= 4 is 51.8 Å². The number of halogens is 2. The monoisotopic (exact) mass is 279 g/mol. The maximum absolute atomic E-state index is 10.8. The van der Waals surface area contributed by atoms with Crippen LogP contribution in [0.15, 0.2) is 11.6 Å². The molecule has 0 radical (unpaired) electrons. The summed E-state index contributed by atoms with van der Waals surface area (Å²) in [6.45, 7) is 0. The van der Waals surface area contributed by atoms with Crippen molar-refractivity contribution < 1.29 is 9.90 Å². The molecule has 0 aliphatic rings. The lowest BCUT2D eigenvalue weighted by atomic mass is 10.2. The van der Waals surface area contributed by atoms with Gasteiger partial charge in [0.1, 0.15) is 4.34 Å². The number of nitrogens with zero attached hydrogens (tertiary/aromatic N) is 1. The molecule has 2 rings (SSSR count). The molecule has 1 N–H and O–H groups in total. The molecule has 0 saturated heterocycles. The molecule has 0 spiro atoms. The lowest BCUT2D eigenvalue weighted by molar-refractivity contribution is 0.0692. The van der Waals surface area contributed by atoms with E-state index in [9.17, 15) is 4.79 Å². The molecule has 0 aromatic carbocycles. The number of carbonyl (C=O) groups is 1. The Balaban J connectivity index is 2.58. The van der Waals surface area contributed by atoms with Gasteiger partial charge in [-0.15, -0.1) is 22.7 Å². The van der Waals surface area contributed by atoms with Crippen molar-refractivity contribution in [1.29, 1.82) is 0 Å². The quantitative estimate of drug-likeness (QED) is 0.908. The predicted octanol–water partition coefficient (Wildman–Crippen LogP) is 3.88. The van der Waals surface area contributed by atoms with Gasteiger partial charge in [0.2, 0.25) is 0 Å². The average Bonchev–Trinajstić information content (AvgIpc) is 2.71. The van der Waals surface area contributed by atoms with Crippen LogP contribution < -0.4 is 0 Å². The Labute approximate surface area is 103 Å². The lowest BCUT2D eigenvalue weighted by Crippen LogP contribution is -1.97. The smallest absolute Gasteiger partial charge is 0.356 e. The Kier molecular flexibility index (Phi) is 2.97. The summed E-state index contributed by atoms with van der Waals surface area (Å²) in [6, 6.07) is 1.65. The molecule has 0 bridgehead atoms. The van der Waals surface area contributed by atoms with Crippen LogP contribution in [0, 0.1) is 0 Å². The second kappa shape index (κ2) is 4.09. The number of thiazole rings is 1. The number of rotatable bonds is 2. The van der Waals surface area contributed by atoms with Crippen LogP contribution >= 0.6 is 45.9 Å². The van der Waals surface area contributed by atoms with Crippen LogP contribution in [-0.4, -0.2) is 16.1 Å². The summed E-state index contributed by atoms with van der Waals surface area (Å²) in [4.78, 5) is 15.1. The van der Waals surface area contributed by atoms with Crippen molar-refractivity contribution in [3.05, 3.63) is 25.9 Å². The first-order valence-corrected chi connectivity index (χ1v) is 6.17. The van der Waals surface area contributed by atoms with E-state index in [0.29, 0.717) is 19.1 Å². The maximum Gasteiger partial charge on any atom is 0.356 e. The minimum Gasteiger partial charge on any atom is -0.476 e. The third-order valence-corrected chi connectivity index (χ3v) is 4.02. The van der Waals surface area contributed by atoms with E-state index >= 15 is 0 Å². The number of hydrogen-bond donors (Lipinski definition) is 1. The fraction of sp³-hybridized carbons (Fsp3) is 0. The molecule has 0 saturated carbocycles. The van der Waals surface area contributed by atoms with E-state index in [1.54, 1.807) is 6.07 Å². The summed E-state index contributed by atoms with van der Waals surface area (Å²) in [6.07, 6.45) is 0. The molecule has 2 aromatic heterocycles. The van der Waals surface area contributed by atoms with Crippen molar-refractivity contribution in [2.24, 2.45) is 0 Å².